The molecule has 2 aliphatic rings. The van der Waals surface area contributed by atoms with Crippen molar-refractivity contribution in [2.75, 3.05) is 38.5 Å². The first-order chi connectivity index (χ1) is 11.6. The summed E-state index contributed by atoms with van der Waals surface area (Å²) in [7, 11) is -0.967. The van der Waals surface area contributed by atoms with Crippen molar-refractivity contribution in [2.24, 2.45) is 0 Å². The third-order valence-corrected chi connectivity index (χ3v) is 5.83. The molecule has 0 saturated carbocycles. The molecular weight excluding hydrogens is 327 g/mol. The number of thioether (sulfide) groups is 1. The van der Waals surface area contributed by atoms with E-state index in [1.807, 2.05) is 12.1 Å². The van der Waals surface area contributed by atoms with Gasteiger partial charge in [-0.2, -0.15) is 11.8 Å². The molecule has 2 aliphatic heterocycles. The summed E-state index contributed by atoms with van der Waals surface area (Å²) in [6, 6.07) is 3.72. The van der Waals surface area contributed by atoms with E-state index in [0.29, 0.717) is 17.7 Å². The number of hydrogen-bond acceptors (Lipinski definition) is 6. The molecule has 3 N–H and O–H groups in total. The summed E-state index contributed by atoms with van der Waals surface area (Å²) in [5.41, 5.74) is 1.68. The van der Waals surface area contributed by atoms with Gasteiger partial charge in [-0.3, -0.25) is 4.90 Å². The maximum absolute atomic E-state index is 11.5. The Balaban J connectivity index is 1.62. The van der Waals surface area contributed by atoms with Crippen LogP contribution in [0.4, 0.5) is 0 Å². The minimum Gasteiger partial charge on any atom is -0.535 e. The number of carboxylic acid groups (broad SMARTS) is 1. The maximum atomic E-state index is 11.5. The van der Waals surface area contributed by atoms with E-state index < -0.39 is 13.1 Å². The van der Waals surface area contributed by atoms with Crippen LogP contribution < -0.4 is 9.97 Å². The molecule has 1 aromatic carbocycles. The fraction of sp³-hybridized carbons (Fsp3) is 0.562. The standard InChI is InChI=1S/C16H23BN2O4S/c1-11-2-3-12-10-13(17(22)23-15(12)14(11)16(20)21)24-9-8-19-6-4-18-5-7-19/h2-3,13,18,22H,4-10H2,1H3,(H,20,21)/t13-/m0/s1. The number of hydrogen-bond donors (Lipinski definition) is 3. The van der Waals surface area contributed by atoms with E-state index in [9.17, 15) is 14.9 Å². The molecule has 3 rings (SSSR count). The molecular formula is C16H23BN2O4S. The average Bonchev–Trinajstić information content (AvgIpc) is 2.56. The highest BCUT2D eigenvalue weighted by molar-refractivity contribution is 8.01. The van der Waals surface area contributed by atoms with Gasteiger partial charge in [0.1, 0.15) is 11.3 Å². The van der Waals surface area contributed by atoms with Gasteiger partial charge >= 0.3 is 13.1 Å². The Labute approximate surface area is 146 Å². The van der Waals surface area contributed by atoms with Crippen molar-refractivity contribution in [2.45, 2.75) is 18.5 Å². The number of aromatic carboxylic acids is 1. The topological polar surface area (TPSA) is 82.0 Å². The molecule has 0 amide bonds. The number of rotatable bonds is 5. The second kappa shape index (κ2) is 7.78. The van der Waals surface area contributed by atoms with E-state index in [0.717, 1.165) is 44.0 Å². The largest absolute Gasteiger partial charge is 0.536 e. The first-order valence-electron chi connectivity index (χ1n) is 8.31. The number of carbonyl (C=O) groups is 1. The molecule has 0 spiro atoms. The minimum absolute atomic E-state index is 0.0650. The quantitative estimate of drug-likeness (QED) is 0.673. The third kappa shape index (κ3) is 3.88. The summed E-state index contributed by atoms with van der Waals surface area (Å²) in [6.07, 6.45) is 0.628. The summed E-state index contributed by atoms with van der Waals surface area (Å²) >= 11 is 1.70. The molecule has 0 aliphatic carbocycles. The van der Waals surface area contributed by atoms with E-state index >= 15 is 0 Å². The van der Waals surface area contributed by atoms with Crippen LogP contribution in [0, 0.1) is 6.92 Å². The Morgan fingerprint density at radius 1 is 1.46 bits per heavy atom. The highest BCUT2D eigenvalue weighted by Gasteiger charge is 2.37. The number of aryl methyl sites for hydroxylation is 1. The third-order valence-electron chi connectivity index (χ3n) is 4.59. The fourth-order valence-corrected chi connectivity index (χ4v) is 4.39. The number of benzene rings is 1. The first-order valence-corrected chi connectivity index (χ1v) is 9.36. The molecule has 130 valence electrons. The summed E-state index contributed by atoms with van der Waals surface area (Å²) in [4.78, 5) is 13.9. The Morgan fingerprint density at radius 3 is 2.92 bits per heavy atom. The van der Waals surface area contributed by atoms with Crippen LogP contribution in [0.5, 0.6) is 5.75 Å². The molecule has 6 nitrogen and oxygen atoms in total. The SMILES string of the molecule is Cc1ccc2c(c1C(=O)O)OB(O)[C@@H](SCCN1CCNCC1)C2. The number of nitrogens with one attached hydrogen (secondary N) is 1. The van der Waals surface area contributed by atoms with Crippen molar-refractivity contribution < 1.29 is 19.6 Å². The predicted molar refractivity (Wildman–Crippen MR) is 96.0 cm³/mol. The molecule has 1 saturated heterocycles. The fourth-order valence-electron chi connectivity index (χ4n) is 3.21. The first kappa shape index (κ1) is 17.6. The monoisotopic (exact) mass is 350 g/mol. The Morgan fingerprint density at radius 2 is 2.21 bits per heavy atom. The van der Waals surface area contributed by atoms with Gasteiger partial charge in [0.25, 0.3) is 0 Å². The molecule has 0 unspecified atom stereocenters. The van der Waals surface area contributed by atoms with Crippen LogP contribution in [0.25, 0.3) is 0 Å². The van der Waals surface area contributed by atoms with Gasteiger partial charge in [0.15, 0.2) is 0 Å². The van der Waals surface area contributed by atoms with E-state index in [4.69, 9.17) is 4.65 Å². The summed E-state index contributed by atoms with van der Waals surface area (Å²) in [5, 5.41) is 22.9. The van der Waals surface area contributed by atoms with E-state index in [2.05, 4.69) is 10.2 Å². The molecule has 0 aromatic heterocycles. The zero-order valence-corrected chi connectivity index (χ0v) is 14.6. The number of fused-ring (bicyclic) bond motifs is 1. The lowest BCUT2D eigenvalue weighted by atomic mass is 9.77. The number of carboxylic acids is 1. The second-order valence-electron chi connectivity index (χ2n) is 6.26. The lowest BCUT2D eigenvalue weighted by molar-refractivity contribution is 0.0693. The zero-order valence-electron chi connectivity index (χ0n) is 13.8. The summed E-state index contributed by atoms with van der Waals surface area (Å²) in [5.74, 6) is 0.244. The molecule has 1 aromatic rings. The number of nitrogens with zero attached hydrogens (tertiary/aromatic N) is 1. The van der Waals surface area contributed by atoms with Crippen molar-refractivity contribution in [3.8, 4) is 5.75 Å². The lowest BCUT2D eigenvalue weighted by Crippen LogP contribution is -2.45. The van der Waals surface area contributed by atoms with Gasteiger partial charge in [-0.25, -0.2) is 4.79 Å². The summed E-state index contributed by atoms with van der Waals surface area (Å²) < 4.78 is 5.59. The van der Waals surface area contributed by atoms with E-state index in [1.165, 1.54) is 0 Å². The Hall–Kier alpha value is -1.22. The van der Waals surface area contributed by atoms with E-state index in [1.54, 1.807) is 18.7 Å². The van der Waals surface area contributed by atoms with Crippen LogP contribution in [-0.4, -0.2) is 71.7 Å². The van der Waals surface area contributed by atoms with Crippen molar-refractivity contribution in [1.82, 2.24) is 10.2 Å². The average molecular weight is 350 g/mol. The molecule has 24 heavy (non-hydrogen) atoms. The molecule has 1 fully saturated rings. The van der Waals surface area contributed by atoms with Crippen LogP contribution in [-0.2, 0) is 6.42 Å². The molecule has 0 radical (unpaired) electrons. The highest BCUT2D eigenvalue weighted by Crippen LogP contribution is 2.35. The lowest BCUT2D eigenvalue weighted by Gasteiger charge is -2.30. The maximum Gasteiger partial charge on any atom is 0.536 e. The molecule has 0 bridgehead atoms. The van der Waals surface area contributed by atoms with Crippen LogP contribution in [0.3, 0.4) is 0 Å². The van der Waals surface area contributed by atoms with E-state index in [-0.39, 0.29) is 10.7 Å². The second-order valence-corrected chi connectivity index (χ2v) is 7.61. The van der Waals surface area contributed by atoms with Crippen LogP contribution >= 0.6 is 11.8 Å². The molecule has 1 atom stereocenters. The van der Waals surface area contributed by atoms with Gasteiger partial charge in [-0.15, -0.1) is 0 Å². The Kier molecular flexibility index (Phi) is 5.70. The zero-order chi connectivity index (χ0) is 17.1. The van der Waals surface area contributed by atoms with Crippen molar-refractivity contribution >= 4 is 24.8 Å². The van der Waals surface area contributed by atoms with Crippen LogP contribution in [0.15, 0.2) is 12.1 Å². The normalized spacial score (nSPS) is 21.2. The smallest absolute Gasteiger partial charge is 0.535 e. The summed E-state index contributed by atoms with van der Waals surface area (Å²) in [6.45, 7) is 6.93. The highest BCUT2D eigenvalue weighted by atomic mass is 32.2. The predicted octanol–water partition coefficient (Wildman–Crippen LogP) is 0.655. The van der Waals surface area contributed by atoms with Gasteiger partial charge in [-0.1, -0.05) is 12.1 Å². The molecule has 2 heterocycles. The van der Waals surface area contributed by atoms with Crippen molar-refractivity contribution in [3.63, 3.8) is 0 Å². The van der Waals surface area contributed by atoms with Gasteiger partial charge in [0.2, 0.25) is 0 Å². The van der Waals surface area contributed by atoms with Crippen molar-refractivity contribution in [1.29, 1.82) is 0 Å². The van der Waals surface area contributed by atoms with Crippen LogP contribution in [0.2, 0.25) is 0 Å². The van der Waals surface area contributed by atoms with Crippen molar-refractivity contribution in [3.05, 3.63) is 28.8 Å². The molecule has 8 heteroatoms. The van der Waals surface area contributed by atoms with Gasteiger partial charge in [0.05, 0.1) is 5.15 Å². The minimum atomic E-state index is -1.01. The van der Waals surface area contributed by atoms with Gasteiger partial charge in [0, 0.05) is 38.5 Å². The van der Waals surface area contributed by atoms with Gasteiger partial charge in [-0.05, 0) is 24.5 Å². The number of piperazine rings is 1. The van der Waals surface area contributed by atoms with Gasteiger partial charge < -0.3 is 20.1 Å². The Bertz CT molecular complexity index is 610. The van der Waals surface area contributed by atoms with Crippen LogP contribution in [0.1, 0.15) is 21.5 Å².